The smallest absolute Gasteiger partial charge is 0.222 e. The average molecular weight is 410 g/mol. The van der Waals surface area contributed by atoms with E-state index in [0.29, 0.717) is 13.0 Å². The van der Waals surface area contributed by atoms with E-state index < -0.39 is 0 Å². The van der Waals surface area contributed by atoms with Gasteiger partial charge in [0.2, 0.25) is 5.91 Å². The van der Waals surface area contributed by atoms with Gasteiger partial charge >= 0.3 is 0 Å². The summed E-state index contributed by atoms with van der Waals surface area (Å²) in [6.07, 6.45) is 3.94. The van der Waals surface area contributed by atoms with Crippen molar-refractivity contribution in [2.45, 2.75) is 39.2 Å². The Morgan fingerprint density at radius 1 is 0.903 bits per heavy atom. The predicted octanol–water partition coefficient (Wildman–Crippen LogP) is 6.11. The van der Waals surface area contributed by atoms with Crippen molar-refractivity contribution >= 4 is 16.9 Å². The number of nitrogens with one attached hydrogen (secondary N) is 1. The van der Waals surface area contributed by atoms with E-state index >= 15 is 0 Å². The summed E-state index contributed by atoms with van der Waals surface area (Å²) in [6.45, 7) is 3.53. The molecule has 4 heteroatoms. The Morgan fingerprint density at radius 3 is 2.55 bits per heavy atom. The number of hydrogen-bond donors (Lipinski definition) is 1. The Bertz CT molecular complexity index is 1220. The van der Waals surface area contributed by atoms with Crippen LogP contribution in [0.15, 0.2) is 66.7 Å². The first-order valence-electron chi connectivity index (χ1n) is 11.1. The second kappa shape index (κ2) is 8.38. The van der Waals surface area contributed by atoms with Crippen LogP contribution in [0.4, 0.5) is 0 Å². The summed E-state index contributed by atoms with van der Waals surface area (Å²) in [5, 5.41) is 0. The molecule has 0 radical (unpaired) electrons. The second-order valence-corrected chi connectivity index (χ2v) is 8.41. The Labute approximate surface area is 182 Å². The molecule has 0 unspecified atom stereocenters. The van der Waals surface area contributed by atoms with Gasteiger partial charge in [-0.2, -0.15) is 0 Å². The number of likely N-dealkylation sites (tertiary alicyclic amines) is 1. The molecule has 1 aromatic heterocycles. The van der Waals surface area contributed by atoms with E-state index in [-0.39, 0.29) is 5.91 Å². The molecular weight excluding hydrogens is 382 g/mol. The number of aryl methyl sites for hydroxylation is 1. The van der Waals surface area contributed by atoms with Crippen LogP contribution in [0.3, 0.4) is 0 Å². The molecule has 2 heterocycles. The summed E-state index contributed by atoms with van der Waals surface area (Å²) in [4.78, 5) is 22.3. The highest BCUT2D eigenvalue weighted by Gasteiger charge is 2.18. The number of carbonyl (C=O) groups is 1. The van der Waals surface area contributed by atoms with Crippen molar-refractivity contribution in [3.63, 3.8) is 0 Å². The minimum atomic E-state index is 0.284. The number of benzene rings is 3. The van der Waals surface area contributed by atoms with Gasteiger partial charge < -0.3 is 9.88 Å². The van der Waals surface area contributed by atoms with E-state index in [0.717, 1.165) is 42.7 Å². The summed E-state index contributed by atoms with van der Waals surface area (Å²) in [7, 11) is 0. The van der Waals surface area contributed by atoms with E-state index in [1.807, 2.05) is 11.8 Å². The van der Waals surface area contributed by atoms with Crippen molar-refractivity contribution in [2.75, 3.05) is 6.54 Å². The standard InChI is InChI=1S/C27H27N3O/c1-19-28-25-15-14-22(17-26(25)29-19)20-10-12-21(13-11-20)24-8-5-4-7-23(24)18-30-16-6-2-3-9-27(30)31/h4-5,7-8,10-15,17H,2-3,6,9,16,18H2,1H3,(H,28,29). The molecule has 0 aliphatic carbocycles. The average Bonchev–Trinajstić information content (AvgIpc) is 3.05. The number of carbonyl (C=O) groups excluding carboxylic acids is 1. The monoisotopic (exact) mass is 409 g/mol. The third kappa shape index (κ3) is 4.11. The number of amides is 1. The van der Waals surface area contributed by atoms with Gasteiger partial charge in [0.1, 0.15) is 5.82 Å². The molecule has 5 rings (SSSR count). The van der Waals surface area contributed by atoms with Gasteiger partial charge in [0.15, 0.2) is 0 Å². The fourth-order valence-electron chi connectivity index (χ4n) is 4.51. The third-order valence-corrected chi connectivity index (χ3v) is 6.18. The van der Waals surface area contributed by atoms with Crippen molar-refractivity contribution < 1.29 is 4.79 Å². The molecule has 4 nitrogen and oxygen atoms in total. The number of hydrogen-bond acceptors (Lipinski definition) is 2. The lowest BCUT2D eigenvalue weighted by Gasteiger charge is -2.22. The number of aromatic nitrogens is 2. The van der Waals surface area contributed by atoms with Crippen LogP contribution in [0.5, 0.6) is 0 Å². The van der Waals surface area contributed by atoms with Crippen LogP contribution < -0.4 is 0 Å². The van der Waals surface area contributed by atoms with E-state index in [9.17, 15) is 4.79 Å². The third-order valence-electron chi connectivity index (χ3n) is 6.18. The van der Waals surface area contributed by atoms with Gasteiger partial charge in [-0.25, -0.2) is 4.98 Å². The first-order valence-corrected chi connectivity index (χ1v) is 11.1. The number of fused-ring (bicyclic) bond motifs is 1. The molecule has 0 spiro atoms. The van der Waals surface area contributed by atoms with E-state index in [2.05, 4.69) is 76.7 Å². The number of rotatable bonds is 4. The van der Waals surface area contributed by atoms with Crippen molar-refractivity contribution in [1.29, 1.82) is 0 Å². The fourth-order valence-corrected chi connectivity index (χ4v) is 4.51. The largest absolute Gasteiger partial charge is 0.342 e. The molecule has 1 N–H and O–H groups in total. The molecule has 1 aliphatic heterocycles. The zero-order valence-electron chi connectivity index (χ0n) is 17.9. The summed E-state index contributed by atoms with van der Waals surface area (Å²) < 4.78 is 0. The van der Waals surface area contributed by atoms with Crippen molar-refractivity contribution in [3.05, 3.63) is 78.1 Å². The molecule has 156 valence electrons. The Hall–Kier alpha value is -3.40. The minimum Gasteiger partial charge on any atom is -0.342 e. The molecule has 1 saturated heterocycles. The van der Waals surface area contributed by atoms with Gasteiger partial charge in [0.05, 0.1) is 11.0 Å². The Balaban J connectivity index is 1.42. The van der Waals surface area contributed by atoms with E-state index in [4.69, 9.17) is 0 Å². The van der Waals surface area contributed by atoms with Gasteiger partial charge in [-0.1, -0.05) is 61.0 Å². The molecule has 31 heavy (non-hydrogen) atoms. The lowest BCUT2D eigenvalue weighted by Crippen LogP contribution is -2.29. The second-order valence-electron chi connectivity index (χ2n) is 8.41. The van der Waals surface area contributed by atoms with Crippen LogP contribution in [-0.4, -0.2) is 27.3 Å². The predicted molar refractivity (Wildman–Crippen MR) is 126 cm³/mol. The summed E-state index contributed by atoms with van der Waals surface area (Å²) in [5.74, 6) is 1.22. The zero-order chi connectivity index (χ0) is 21.2. The lowest BCUT2D eigenvalue weighted by molar-refractivity contribution is -0.131. The number of imidazole rings is 1. The topological polar surface area (TPSA) is 49.0 Å². The van der Waals surface area contributed by atoms with Gasteiger partial charge in [-0.3, -0.25) is 4.79 Å². The first kappa shape index (κ1) is 19.6. The minimum absolute atomic E-state index is 0.284. The molecule has 4 aromatic rings. The normalized spacial score (nSPS) is 14.7. The highest BCUT2D eigenvalue weighted by atomic mass is 16.2. The van der Waals surface area contributed by atoms with Gasteiger partial charge in [0, 0.05) is 19.5 Å². The van der Waals surface area contributed by atoms with Crippen LogP contribution in [0.25, 0.3) is 33.3 Å². The highest BCUT2D eigenvalue weighted by molar-refractivity contribution is 5.83. The Kier molecular flexibility index (Phi) is 5.29. The molecule has 3 aromatic carbocycles. The maximum absolute atomic E-state index is 12.5. The number of nitrogens with zero attached hydrogens (tertiary/aromatic N) is 2. The van der Waals surface area contributed by atoms with E-state index in [1.54, 1.807) is 0 Å². The molecular formula is C27H27N3O. The molecule has 1 fully saturated rings. The van der Waals surface area contributed by atoms with Crippen LogP contribution >= 0.6 is 0 Å². The van der Waals surface area contributed by atoms with Gasteiger partial charge in [-0.15, -0.1) is 0 Å². The molecule has 1 amide bonds. The molecule has 1 aliphatic rings. The molecule has 0 atom stereocenters. The lowest BCUT2D eigenvalue weighted by atomic mass is 9.96. The molecule has 0 saturated carbocycles. The van der Waals surface area contributed by atoms with Crippen LogP contribution in [-0.2, 0) is 11.3 Å². The van der Waals surface area contributed by atoms with E-state index in [1.165, 1.54) is 27.8 Å². The maximum Gasteiger partial charge on any atom is 0.222 e. The van der Waals surface area contributed by atoms with Crippen LogP contribution in [0, 0.1) is 6.92 Å². The quantitative estimate of drug-likeness (QED) is 0.442. The van der Waals surface area contributed by atoms with Crippen LogP contribution in [0.2, 0.25) is 0 Å². The number of H-pyrrole nitrogens is 1. The maximum atomic E-state index is 12.5. The summed E-state index contributed by atoms with van der Waals surface area (Å²) >= 11 is 0. The first-order chi connectivity index (χ1) is 15.2. The SMILES string of the molecule is Cc1nc2ccc(-c3ccc(-c4ccccc4CN4CCCCCC4=O)cc3)cc2[nH]1. The summed E-state index contributed by atoms with van der Waals surface area (Å²) in [5.41, 5.74) is 8.00. The van der Waals surface area contributed by atoms with Gasteiger partial charge in [-0.05, 0) is 59.7 Å². The Morgan fingerprint density at radius 2 is 1.68 bits per heavy atom. The van der Waals surface area contributed by atoms with Gasteiger partial charge in [0.25, 0.3) is 0 Å². The highest BCUT2D eigenvalue weighted by Crippen LogP contribution is 2.29. The summed E-state index contributed by atoms with van der Waals surface area (Å²) in [6, 6.07) is 23.5. The number of aromatic amines is 1. The fraction of sp³-hybridized carbons (Fsp3) is 0.259. The van der Waals surface area contributed by atoms with Crippen LogP contribution in [0.1, 0.15) is 37.1 Å². The molecule has 0 bridgehead atoms. The van der Waals surface area contributed by atoms with Crippen molar-refractivity contribution in [3.8, 4) is 22.3 Å². The zero-order valence-corrected chi connectivity index (χ0v) is 17.9. The van der Waals surface area contributed by atoms with Crippen molar-refractivity contribution in [2.24, 2.45) is 0 Å². The van der Waals surface area contributed by atoms with Crippen molar-refractivity contribution in [1.82, 2.24) is 14.9 Å².